The Bertz CT molecular complexity index is 554. The van der Waals surface area contributed by atoms with Crippen molar-refractivity contribution < 1.29 is 9.47 Å². The first kappa shape index (κ1) is 10.4. The van der Waals surface area contributed by atoms with Crippen molar-refractivity contribution in [2.75, 3.05) is 19.8 Å². The van der Waals surface area contributed by atoms with Crippen LogP contribution in [0.5, 0.6) is 11.5 Å². The van der Waals surface area contributed by atoms with Crippen LogP contribution in [-0.2, 0) is 6.42 Å². The fraction of sp³-hybridized carbons (Fsp3) is 0.308. The van der Waals surface area contributed by atoms with Crippen molar-refractivity contribution in [2.24, 2.45) is 5.73 Å². The van der Waals surface area contributed by atoms with Crippen molar-refractivity contribution in [3.8, 4) is 11.5 Å². The molecular formula is C13H14N2O2. The lowest BCUT2D eigenvalue weighted by molar-refractivity contribution is 0.172. The van der Waals surface area contributed by atoms with Gasteiger partial charge in [0.05, 0.1) is 5.52 Å². The normalized spacial score (nSPS) is 13.9. The molecule has 0 radical (unpaired) electrons. The van der Waals surface area contributed by atoms with Crippen LogP contribution in [0.25, 0.3) is 10.9 Å². The molecule has 17 heavy (non-hydrogen) atoms. The van der Waals surface area contributed by atoms with Crippen LogP contribution in [0.15, 0.2) is 24.3 Å². The van der Waals surface area contributed by atoms with Gasteiger partial charge >= 0.3 is 0 Å². The molecule has 0 unspecified atom stereocenters. The zero-order valence-electron chi connectivity index (χ0n) is 9.48. The van der Waals surface area contributed by atoms with Gasteiger partial charge in [-0.15, -0.1) is 0 Å². The van der Waals surface area contributed by atoms with Crippen molar-refractivity contribution >= 4 is 10.9 Å². The second-order valence-corrected chi connectivity index (χ2v) is 4.03. The first-order valence-electron chi connectivity index (χ1n) is 5.76. The van der Waals surface area contributed by atoms with Gasteiger partial charge in [0.2, 0.25) is 0 Å². The Kier molecular flexibility index (Phi) is 2.57. The number of hydrogen-bond donors (Lipinski definition) is 1. The minimum Gasteiger partial charge on any atom is -0.486 e. The summed E-state index contributed by atoms with van der Waals surface area (Å²) in [5.74, 6) is 1.58. The highest BCUT2D eigenvalue weighted by atomic mass is 16.6. The maximum absolute atomic E-state index is 5.54. The lowest BCUT2D eigenvalue weighted by atomic mass is 10.1. The molecule has 2 aromatic rings. The first-order chi connectivity index (χ1) is 8.36. The molecule has 0 saturated carbocycles. The van der Waals surface area contributed by atoms with Crippen LogP contribution >= 0.6 is 0 Å². The molecule has 4 nitrogen and oxygen atoms in total. The summed E-state index contributed by atoms with van der Waals surface area (Å²) in [7, 11) is 0. The molecule has 4 heteroatoms. The van der Waals surface area contributed by atoms with Crippen molar-refractivity contribution in [3.05, 3.63) is 30.0 Å². The third-order valence-corrected chi connectivity index (χ3v) is 2.81. The van der Waals surface area contributed by atoms with Crippen LogP contribution in [0.1, 0.15) is 5.69 Å². The standard InChI is InChI=1S/C13H14N2O2/c14-4-3-10-2-1-9-7-12-13(8-11(9)15-10)17-6-5-16-12/h1-2,7-8H,3-6,14H2. The third kappa shape index (κ3) is 1.91. The number of fused-ring (bicyclic) bond motifs is 2. The number of hydrogen-bond acceptors (Lipinski definition) is 4. The molecular weight excluding hydrogens is 216 g/mol. The number of ether oxygens (including phenoxy) is 2. The monoisotopic (exact) mass is 230 g/mol. The Morgan fingerprint density at radius 1 is 1.12 bits per heavy atom. The average molecular weight is 230 g/mol. The van der Waals surface area contributed by atoms with Gasteiger partial charge < -0.3 is 15.2 Å². The lowest BCUT2D eigenvalue weighted by Crippen LogP contribution is -2.15. The molecule has 88 valence electrons. The van der Waals surface area contributed by atoms with Crippen LogP contribution in [0, 0.1) is 0 Å². The summed E-state index contributed by atoms with van der Waals surface area (Å²) in [6.45, 7) is 1.82. The van der Waals surface area contributed by atoms with Gasteiger partial charge in [0.25, 0.3) is 0 Å². The third-order valence-electron chi connectivity index (χ3n) is 2.81. The van der Waals surface area contributed by atoms with Crippen LogP contribution in [0.3, 0.4) is 0 Å². The molecule has 2 N–H and O–H groups in total. The smallest absolute Gasteiger partial charge is 0.163 e. The van der Waals surface area contributed by atoms with Gasteiger partial charge in [0, 0.05) is 23.6 Å². The predicted molar refractivity (Wildman–Crippen MR) is 65.5 cm³/mol. The van der Waals surface area contributed by atoms with Crippen LogP contribution < -0.4 is 15.2 Å². The van der Waals surface area contributed by atoms with Gasteiger partial charge in [-0.1, -0.05) is 6.07 Å². The van der Waals surface area contributed by atoms with E-state index in [2.05, 4.69) is 4.98 Å². The van der Waals surface area contributed by atoms with Crippen LogP contribution in [-0.4, -0.2) is 24.7 Å². The van der Waals surface area contributed by atoms with Gasteiger partial charge in [-0.2, -0.15) is 0 Å². The molecule has 3 rings (SSSR count). The van der Waals surface area contributed by atoms with E-state index in [1.54, 1.807) is 0 Å². The van der Waals surface area contributed by atoms with E-state index in [9.17, 15) is 0 Å². The zero-order chi connectivity index (χ0) is 11.7. The Hall–Kier alpha value is -1.81. The average Bonchev–Trinajstić information content (AvgIpc) is 2.36. The molecule has 0 spiro atoms. The summed E-state index contributed by atoms with van der Waals surface area (Å²) in [5.41, 5.74) is 7.47. The van der Waals surface area contributed by atoms with Gasteiger partial charge in [-0.05, 0) is 18.7 Å². The molecule has 1 aromatic carbocycles. The van der Waals surface area contributed by atoms with Crippen LogP contribution in [0.4, 0.5) is 0 Å². The second kappa shape index (κ2) is 4.22. The van der Waals surface area contributed by atoms with Crippen molar-refractivity contribution in [2.45, 2.75) is 6.42 Å². The molecule has 0 fully saturated rings. The minimum absolute atomic E-state index is 0.598. The lowest BCUT2D eigenvalue weighted by Gasteiger charge is -2.18. The molecule has 0 saturated heterocycles. The van der Waals surface area contributed by atoms with E-state index >= 15 is 0 Å². The van der Waals surface area contributed by atoms with E-state index in [1.165, 1.54) is 0 Å². The van der Waals surface area contributed by atoms with Crippen LogP contribution in [0.2, 0.25) is 0 Å². The predicted octanol–water partition coefficient (Wildman–Crippen LogP) is 1.51. The minimum atomic E-state index is 0.598. The number of nitrogens with two attached hydrogens (primary N) is 1. The second-order valence-electron chi connectivity index (χ2n) is 4.03. The molecule has 1 aliphatic heterocycles. The van der Waals surface area contributed by atoms with Gasteiger partial charge in [0.1, 0.15) is 13.2 Å². The number of benzene rings is 1. The van der Waals surface area contributed by atoms with Crippen molar-refractivity contribution in [1.29, 1.82) is 0 Å². The molecule has 0 amide bonds. The Labute approximate surface area is 99.4 Å². The van der Waals surface area contributed by atoms with E-state index < -0.39 is 0 Å². The number of aromatic nitrogens is 1. The molecule has 0 bridgehead atoms. The largest absolute Gasteiger partial charge is 0.486 e. The molecule has 0 atom stereocenters. The van der Waals surface area contributed by atoms with Crippen molar-refractivity contribution in [1.82, 2.24) is 4.98 Å². The molecule has 0 aliphatic carbocycles. The summed E-state index contributed by atoms with van der Waals surface area (Å²) < 4.78 is 11.1. The summed E-state index contributed by atoms with van der Waals surface area (Å²) >= 11 is 0. The van der Waals surface area contributed by atoms with E-state index in [4.69, 9.17) is 15.2 Å². The molecule has 1 aromatic heterocycles. The van der Waals surface area contributed by atoms with E-state index in [-0.39, 0.29) is 0 Å². The highest BCUT2D eigenvalue weighted by Gasteiger charge is 2.13. The van der Waals surface area contributed by atoms with Crippen molar-refractivity contribution in [3.63, 3.8) is 0 Å². The highest BCUT2D eigenvalue weighted by molar-refractivity contribution is 5.82. The number of pyridine rings is 1. The zero-order valence-corrected chi connectivity index (χ0v) is 9.48. The summed E-state index contributed by atoms with van der Waals surface area (Å²) in [6, 6.07) is 7.96. The quantitative estimate of drug-likeness (QED) is 0.849. The van der Waals surface area contributed by atoms with E-state index in [1.807, 2.05) is 24.3 Å². The number of nitrogens with zero attached hydrogens (tertiary/aromatic N) is 1. The highest BCUT2D eigenvalue weighted by Crippen LogP contribution is 2.33. The SMILES string of the molecule is NCCc1ccc2cc3c(cc2n1)OCCO3. The Balaban J connectivity index is 2.10. The summed E-state index contributed by atoms with van der Waals surface area (Å²) in [6.07, 6.45) is 0.796. The number of rotatable bonds is 2. The maximum Gasteiger partial charge on any atom is 0.163 e. The van der Waals surface area contributed by atoms with Gasteiger partial charge in [-0.3, -0.25) is 4.98 Å². The summed E-state index contributed by atoms with van der Waals surface area (Å²) in [5, 5.41) is 1.06. The van der Waals surface area contributed by atoms with E-state index in [0.717, 1.165) is 34.5 Å². The fourth-order valence-electron chi connectivity index (χ4n) is 1.99. The molecule has 2 heterocycles. The first-order valence-corrected chi connectivity index (χ1v) is 5.76. The van der Waals surface area contributed by atoms with E-state index in [0.29, 0.717) is 19.8 Å². The Morgan fingerprint density at radius 2 is 1.88 bits per heavy atom. The van der Waals surface area contributed by atoms with Gasteiger partial charge in [-0.25, -0.2) is 0 Å². The van der Waals surface area contributed by atoms with Gasteiger partial charge in [0.15, 0.2) is 11.5 Å². The summed E-state index contributed by atoms with van der Waals surface area (Å²) in [4.78, 5) is 4.56. The fourth-order valence-corrected chi connectivity index (χ4v) is 1.99. The maximum atomic E-state index is 5.54. The Morgan fingerprint density at radius 3 is 2.65 bits per heavy atom. The molecule has 1 aliphatic rings. The topological polar surface area (TPSA) is 57.4 Å².